The van der Waals surface area contributed by atoms with Crippen molar-refractivity contribution in [3.8, 4) is 5.75 Å². The number of nitrogens with zero attached hydrogens (tertiary/aromatic N) is 1. The lowest BCUT2D eigenvalue weighted by Gasteiger charge is -2.20. The minimum absolute atomic E-state index is 0.109. The summed E-state index contributed by atoms with van der Waals surface area (Å²) in [6.45, 7) is 2.45. The summed E-state index contributed by atoms with van der Waals surface area (Å²) < 4.78 is 5.90. The van der Waals surface area contributed by atoms with E-state index in [9.17, 15) is 14.7 Å². The molecule has 1 aliphatic carbocycles. The van der Waals surface area contributed by atoms with E-state index < -0.39 is 11.4 Å². The summed E-state index contributed by atoms with van der Waals surface area (Å²) in [7, 11) is 0. The van der Waals surface area contributed by atoms with E-state index in [2.05, 4.69) is 0 Å². The highest BCUT2D eigenvalue weighted by Crippen LogP contribution is 2.31. The van der Waals surface area contributed by atoms with Gasteiger partial charge in [-0.25, -0.2) is 0 Å². The number of carboxylic acids is 1. The van der Waals surface area contributed by atoms with Gasteiger partial charge in [0, 0.05) is 18.7 Å². The Morgan fingerprint density at radius 2 is 1.87 bits per heavy atom. The van der Waals surface area contributed by atoms with Crippen molar-refractivity contribution >= 4 is 11.9 Å². The van der Waals surface area contributed by atoms with Crippen LogP contribution in [-0.4, -0.2) is 41.1 Å². The third-order valence-corrected chi connectivity index (χ3v) is 4.98. The average Bonchev–Trinajstić information content (AvgIpc) is 3.18. The smallest absolute Gasteiger partial charge is 0.311 e. The third-order valence-electron chi connectivity index (χ3n) is 4.98. The first-order valence-electron chi connectivity index (χ1n) is 8.27. The van der Waals surface area contributed by atoms with Crippen molar-refractivity contribution in [3.05, 3.63) is 29.8 Å². The van der Waals surface area contributed by atoms with E-state index in [0.29, 0.717) is 24.6 Å². The van der Waals surface area contributed by atoms with Gasteiger partial charge < -0.3 is 14.7 Å². The van der Waals surface area contributed by atoms with E-state index in [1.54, 1.807) is 24.0 Å². The third kappa shape index (κ3) is 3.33. The van der Waals surface area contributed by atoms with Gasteiger partial charge in [0.1, 0.15) is 5.75 Å². The highest BCUT2D eigenvalue weighted by atomic mass is 16.5. The number of amides is 1. The summed E-state index contributed by atoms with van der Waals surface area (Å²) in [4.78, 5) is 25.4. The maximum atomic E-state index is 12.5. The highest BCUT2D eigenvalue weighted by Gasteiger charge is 2.42. The number of hydrogen-bond acceptors (Lipinski definition) is 3. The molecule has 1 aromatic carbocycles. The second-order valence-corrected chi connectivity index (χ2v) is 6.89. The Bertz CT molecular complexity index is 592. The number of carboxylic acid groups (broad SMARTS) is 1. The van der Waals surface area contributed by atoms with Crippen LogP contribution < -0.4 is 4.74 Å². The molecule has 0 spiro atoms. The van der Waals surface area contributed by atoms with E-state index in [1.807, 2.05) is 12.1 Å². The fourth-order valence-electron chi connectivity index (χ4n) is 3.37. The van der Waals surface area contributed by atoms with Gasteiger partial charge in [0.05, 0.1) is 11.5 Å². The van der Waals surface area contributed by atoms with E-state index >= 15 is 0 Å². The number of carbonyl (C=O) groups excluding carboxylic acids is 1. The number of likely N-dealkylation sites (tertiary alicyclic amines) is 1. The summed E-state index contributed by atoms with van der Waals surface area (Å²) >= 11 is 0. The molecule has 1 saturated carbocycles. The van der Waals surface area contributed by atoms with Crippen molar-refractivity contribution in [1.29, 1.82) is 0 Å². The molecule has 1 heterocycles. The molecule has 2 fully saturated rings. The van der Waals surface area contributed by atoms with Crippen molar-refractivity contribution < 1.29 is 19.4 Å². The fraction of sp³-hybridized carbons (Fsp3) is 0.556. The summed E-state index contributed by atoms with van der Waals surface area (Å²) in [6, 6.07) is 7.20. The zero-order chi connectivity index (χ0) is 16.4. The minimum atomic E-state index is -0.840. The lowest BCUT2D eigenvalue weighted by atomic mass is 9.90. The number of carbonyl (C=O) groups is 2. The maximum absolute atomic E-state index is 12.5. The standard InChI is InChI=1S/C18H23NO4/c1-18(17(21)22)10-11-19(12-18)16(20)13-6-8-15(9-7-13)23-14-4-2-3-5-14/h6-9,14H,2-5,10-12H2,1H3,(H,21,22). The SMILES string of the molecule is CC1(C(=O)O)CCN(C(=O)c2ccc(OC3CCCC3)cc2)C1. The molecule has 1 aliphatic heterocycles. The van der Waals surface area contributed by atoms with Gasteiger partial charge in [0.15, 0.2) is 0 Å². The number of benzene rings is 1. The molecule has 1 amide bonds. The number of rotatable bonds is 4. The van der Waals surface area contributed by atoms with E-state index in [4.69, 9.17) is 4.74 Å². The molecule has 23 heavy (non-hydrogen) atoms. The summed E-state index contributed by atoms with van der Waals surface area (Å²) in [5, 5.41) is 9.26. The average molecular weight is 317 g/mol. The van der Waals surface area contributed by atoms with Crippen LogP contribution in [0, 0.1) is 5.41 Å². The van der Waals surface area contributed by atoms with E-state index in [-0.39, 0.29) is 12.5 Å². The van der Waals surface area contributed by atoms with E-state index in [0.717, 1.165) is 18.6 Å². The molecule has 1 saturated heterocycles. The topological polar surface area (TPSA) is 66.8 Å². The predicted octanol–water partition coefficient (Wildman–Crippen LogP) is 2.94. The molecule has 1 unspecified atom stereocenters. The van der Waals surface area contributed by atoms with Gasteiger partial charge in [-0.15, -0.1) is 0 Å². The molecule has 2 aliphatic rings. The molecule has 1 atom stereocenters. The Hall–Kier alpha value is -2.04. The molecule has 1 N–H and O–H groups in total. The molecule has 0 bridgehead atoms. The monoisotopic (exact) mass is 317 g/mol. The van der Waals surface area contributed by atoms with Crippen molar-refractivity contribution in [3.63, 3.8) is 0 Å². The molecule has 1 aromatic rings. The summed E-state index contributed by atoms with van der Waals surface area (Å²) in [5.74, 6) is -0.152. The zero-order valence-corrected chi connectivity index (χ0v) is 13.5. The summed E-state index contributed by atoms with van der Waals surface area (Å²) in [5.41, 5.74) is -0.250. The Balaban J connectivity index is 1.63. The quantitative estimate of drug-likeness (QED) is 0.927. The van der Waals surface area contributed by atoms with Crippen LogP contribution in [0.1, 0.15) is 49.4 Å². The molecule has 5 nitrogen and oxygen atoms in total. The van der Waals surface area contributed by atoms with Crippen molar-refractivity contribution in [2.75, 3.05) is 13.1 Å². The second-order valence-electron chi connectivity index (χ2n) is 6.89. The number of hydrogen-bond donors (Lipinski definition) is 1. The highest BCUT2D eigenvalue weighted by molar-refractivity contribution is 5.95. The van der Waals surface area contributed by atoms with Crippen LogP contribution in [0.3, 0.4) is 0 Å². The Morgan fingerprint density at radius 1 is 1.22 bits per heavy atom. The van der Waals surface area contributed by atoms with Gasteiger partial charge in [-0.05, 0) is 63.3 Å². The van der Waals surface area contributed by atoms with Gasteiger partial charge in [-0.3, -0.25) is 9.59 Å². The molecular formula is C18H23NO4. The second kappa shape index (κ2) is 6.22. The molecule has 5 heteroatoms. The lowest BCUT2D eigenvalue weighted by molar-refractivity contribution is -0.147. The Labute approximate surface area is 136 Å². The van der Waals surface area contributed by atoms with Crippen LogP contribution in [0.15, 0.2) is 24.3 Å². The molecular weight excluding hydrogens is 294 g/mol. The lowest BCUT2D eigenvalue weighted by Crippen LogP contribution is -2.34. The molecule has 124 valence electrons. The van der Waals surface area contributed by atoms with Crippen molar-refractivity contribution in [2.24, 2.45) is 5.41 Å². The van der Waals surface area contributed by atoms with Crippen LogP contribution in [0.5, 0.6) is 5.75 Å². The summed E-state index contributed by atoms with van der Waals surface area (Å²) in [6.07, 6.45) is 5.43. The normalized spacial score (nSPS) is 24.8. The van der Waals surface area contributed by atoms with Gasteiger partial charge in [-0.1, -0.05) is 0 Å². The molecule has 3 rings (SSSR count). The van der Waals surface area contributed by atoms with Crippen LogP contribution >= 0.6 is 0 Å². The van der Waals surface area contributed by atoms with E-state index in [1.165, 1.54) is 12.8 Å². The van der Waals surface area contributed by atoms with Crippen LogP contribution in [-0.2, 0) is 4.79 Å². The largest absolute Gasteiger partial charge is 0.490 e. The van der Waals surface area contributed by atoms with Crippen molar-refractivity contribution in [1.82, 2.24) is 4.90 Å². The van der Waals surface area contributed by atoms with Gasteiger partial charge in [0.2, 0.25) is 0 Å². The van der Waals surface area contributed by atoms with Crippen LogP contribution in [0.2, 0.25) is 0 Å². The van der Waals surface area contributed by atoms with Crippen LogP contribution in [0.25, 0.3) is 0 Å². The Kier molecular flexibility index (Phi) is 4.28. The van der Waals surface area contributed by atoms with Gasteiger partial charge in [0.25, 0.3) is 5.91 Å². The van der Waals surface area contributed by atoms with Crippen molar-refractivity contribution in [2.45, 2.75) is 45.1 Å². The minimum Gasteiger partial charge on any atom is -0.490 e. The first kappa shape index (κ1) is 15.8. The first-order chi connectivity index (χ1) is 11.0. The predicted molar refractivity (Wildman–Crippen MR) is 85.6 cm³/mol. The first-order valence-corrected chi connectivity index (χ1v) is 8.27. The zero-order valence-electron chi connectivity index (χ0n) is 13.5. The molecule has 0 radical (unpaired) electrons. The fourth-order valence-corrected chi connectivity index (χ4v) is 3.37. The Morgan fingerprint density at radius 3 is 2.43 bits per heavy atom. The molecule has 0 aromatic heterocycles. The van der Waals surface area contributed by atoms with Gasteiger partial charge in [-0.2, -0.15) is 0 Å². The maximum Gasteiger partial charge on any atom is 0.311 e. The van der Waals surface area contributed by atoms with Crippen LogP contribution in [0.4, 0.5) is 0 Å². The van der Waals surface area contributed by atoms with Gasteiger partial charge >= 0.3 is 5.97 Å². The number of ether oxygens (including phenoxy) is 1. The number of aliphatic carboxylic acids is 1.